The van der Waals surface area contributed by atoms with Gasteiger partial charge >= 0.3 is 0 Å². The highest BCUT2D eigenvalue weighted by Crippen LogP contribution is 2.11. The molecule has 78 valence electrons. The maximum Gasteiger partial charge on any atom is 0.0205 e. The van der Waals surface area contributed by atoms with Crippen LogP contribution in [0.15, 0.2) is 28.7 Å². The van der Waals surface area contributed by atoms with Crippen LogP contribution >= 0.6 is 15.9 Å². The zero-order valence-electron chi connectivity index (χ0n) is 8.30. The molecule has 2 nitrogen and oxygen atoms in total. The molecule has 0 saturated heterocycles. The lowest BCUT2D eigenvalue weighted by molar-refractivity contribution is 0.627. The molecule has 0 bridgehead atoms. The molecule has 0 atom stereocenters. The van der Waals surface area contributed by atoms with E-state index in [4.69, 9.17) is 5.73 Å². The second kappa shape index (κ2) is 6.98. The van der Waals surface area contributed by atoms with Crippen molar-refractivity contribution in [2.24, 2.45) is 5.73 Å². The van der Waals surface area contributed by atoms with E-state index in [-0.39, 0.29) is 0 Å². The summed E-state index contributed by atoms with van der Waals surface area (Å²) in [6.45, 7) is 2.77. The molecular formula is C11H17BrN2. The Bertz CT molecular complexity index is 263. The number of benzene rings is 1. The lowest BCUT2D eigenvalue weighted by atomic mass is 10.2. The number of unbranched alkanes of at least 4 members (excludes halogenated alkanes) is 1. The van der Waals surface area contributed by atoms with Gasteiger partial charge in [0, 0.05) is 11.0 Å². The summed E-state index contributed by atoms with van der Waals surface area (Å²) < 4.78 is 1.14. The van der Waals surface area contributed by atoms with Crippen molar-refractivity contribution in [1.82, 2.24) is 5.32 Å². The highest BCUT2D eigenvalue weighted by molar-refractivity contribution is 9.10. The average Bonchev–Trinajstić information content (AvgIpc) is 2.18. The van der Waals surface area contributed by atoms with Crippen LogP contribution in [0.2, 0.25) is 0 Å². The van der Waals surface area contributed by atoms with E-state index in [0.717, 1.165) is 36.9 Å². The molecule has 0 aromatic heterocycles. The minimum atomic E-state index is 0.790. The predicted molar refractivity (Wildman–Crippen MR) is 64.1 cm³/mol. The molecule has 0 aliphatic heterocycles. The summed E-state index contributed by atoms with van der Waals surface area (Å²) in [6.07, 6.45) is 2.26. The van der Waals surface area contributed by atoms with Crippen LogP contribution in [-0.4, -0.2) is 13.1 Å². The molecule has 0 spiro atoms. The van der Waals surface area contributed by atoms with E-state index in [1.807, 2.05) is 6.07 Å². The van der Waals surface area contributed by atoms with Gasteiger partial charge in [-0.15, -0.1) is 0 Å². The zero-order chi connectivity index (χ0) is 10.2. The number of rotatable bonds is 6. The summed E-state index contributed by atoms with van der Waals surface area (Å²) in [6, 6.07) is 8.36. The van der Waals surface area contributed by atoms with Crippen molar-refractivity contribution in [1.29, 1.82) is 0 Å². The van der Waals surface area contributed by atoms with E-state index < -0.39 is 0 Å². The first-order valence-electron chi connectivity index (χ1n) is 4.98. The van der Waals surface area contributed by atoms with Crippen LogP contribution in [0, 0.1) is 0 Å². The first-order valence-corrected chi connectivity index (χ1v) is 5.77. The smallest absolute Gasteiger partial charge is 0.0205 e. The third-order valence-corrected chi connectivity index (χ3v) is 2.52. The molecule has 0 saturated carbocycles. The SMILES string of the molecule is NCCCCNCc1cccc(Br)c1. The molecular weight excluding hydrogens is 240 g/mol. The molecule has 3 heteroatoms. The molecule has 0 heterocycles. The number of halogens is 1. The summed E-state index contributed by atoms with van der Waals surface area (Å²) >= 11 is 3.45. The van der Waals surface area contributed by atoms with Crippen molar-refractivity contribution in [2.75, 3.05) is 13.1 Å². The summed E-state index contributed by atoms with van der Waals surface area (Å²) in [5, 5.41) is 3.39. The Morgan fingerprint density at radius 3 is 2.86 bits per heavy atom. The molecule has 0 radical (unpaired) electrons. The molecule has 0 unspecified atom stereocenters. The van der Waals surface area contributed by atoms with Crippen LogP contribution in [0.3, 0.4) is 0 Å². The molecule has 0 aliphatic rings. The van der Waals surface area contributed by atoms with Gasteiger partial charge in [0.2, 0.25) is 0 Å². The van der Waals surface area contributed by atoms with Gasteiger partial charge in [0.1, 0.15) is 0 Å². The van der Waals surface area contributed by atoms with Crippen LogP contribution in [0.25, 0.3) is 0 Å². The molecule has 1 aromatic rings. The Balaban J connectivity index is 2.18. The molecule has 1 rings (SSSR count). The maximum absolute atomic E-state index is 5.41. The van der Waals surface area contributed by atoms with Gasteiger partial charge in [0.15, 0.2) is 0 Å². The second-order valence-corrected chi connectivity index (χ2v) is 4.22. The fourth-order valence-electron chi connectivity index (χ4n) is 1.27. The average molecular weight is 257 g/mol. The Hall–Kier alpha value is -0.380. The Morgan fingerprint density at radius 1 is 1.29 bits per heavy atom. The van der Waals surface area contributed by atoms with E-state index in [0.29, 0.717) is 0 Å². The van der Waals surface area contributed by atoms with Crippen LogP contribution in [0.4, 0.5) is 0 Å². The van der Waals surface area contributed by atoms with Gasteiger partial charge in [0.05, 0.1) is 0 Å². The van der Waals surface area contributed by atoms with Gasteiger partial charge in [-0.3, -0.25) is 0 Å². The normalized spacial score (nSPS) is 10.4. The topological polar surface area (TPSA) is 38.0 Å². The number of nitrogens with one attached hydrogen (secondary N) is 1. The van der Waals surface area contributed by atoms with Gasteiger partial charge < -0.3 is 11.1 Å². The summed E-state index contributed by atoms with van der Waals surface area (Å²) in [5.41, 5.74) is 6.72. The van der Waals surface area contributed by atoms with Gasteiger partial charge in [-0.2, -0.15) is 0 Å². The van der Waals surface area contributed by atoms with Gasteiger partial charge in [-0.1, -0.05) is 28.1 Å². The highest BCUT2D eigenvalue weighted by Gasteiger charge is 1.93. The minimum absolute atomic E-state index is 0.790. The van der Waals surface area contributed by atoms with Crippen molar-refractivity contribution in [3.05, 3.63) is 34.3 Å². The molecule has 1 aromatic carbocycles. The monoisotopic (exact) mass is 256 g/mol. The molecule has 14 heavy (non-hydrogen) atoms. The molecule has 0 aliphatic carbocycles. The van der Waals surface area contributed by atoms with Crippen LogP contribution in [0.1, 0.15) is 18.4 Å². The Kier molecular flexibility index (Phi) is 5.83. The maximum atomic E-state index is 5.41. The Labute approximate surface area is 94.0 Å². The number of nitrogens with two attached hydrogens (primary N) is 1. The van der Waals surface area contributed by atoms with E-state index in [1.54, 1.807) is 0 Å². The van der Waals surface area contributed by atoms with E-state index in [1.165, 1.54) is 5.56 Å². The zero-order valence-corrected chi connectivity index (χ0v) is 9.89. The van der Waals surface area contributed by atoms with Crippen LogP contribution < -0.4 is 11.1 Å². The van der Waals surface area contributed by atoms with Gasteiger partial charge in [-0.25, -0.2) is 0 Å². The van der Waals surface area contributed by atoms with E-state index in [2.05, 4.69) is 39.4 Å². The Morgan fingerprint density at radius 2 is 2.14 bits per heavy atom. The van der Waals surface area contributed by atoms with Crippen molar-refractivity contribution in [2.45, 2.75) is 19.4 Å². The van der Waals surface area contributed by atoms with Crippen molar-refractivity contribution in [3.8, 4) is 0 Å². The molecule has 0 fully saturated rings. The van der Waals surface area contributed by atoms with Gasteiger partial charge in [-0.05, 0) is 43.6 Å². The quantitative estimate of drug-likeness (QED) is 0.767. The first-order chi connectivity index (χ1) is 6.83. The summed E-state index contributed by atoms with van der Waals surface area (Å²) in [7, 11) is 0. The second-order valence-electron chi connectivity index (χ2n) is 3.30. The van der Waals surface area contributed by atoms with Crippen LogP contribution in [0.5, 0.6) is 0 Å². The van der Waals surface area contributed by atoms with Crippen molar-refractivity contribution < 1.29 is 0 Å². The van der Waals surface area contributed by atoms with Crippen molar-refractivity contribution in [3.63, 3.8) is 0 Å². The number of hydrogen-bond donors (Lipinski definition) is 2. The molecule has 3 N–H and O–H groups in total. The lowest BCUT2D eigenvalue weighted by Gasteiger charge is -2.04. The highest BCUT2D eigenvalue weighted by atomic mass is 79.9. The summed E-state index contributed by atoms with van der Waals surface area (Å²) in [4.78, 5) is 0. The van der Waals surface area contributed by atoms with E-state index >= 15 is 0 Å². The fraction of sp³-hybridized carbons (Fsp3) is 0.455. The lowest BCUT2D eigenvalue weighted by Crippen LogP contribution is -2.15. The summed E-state index contributed by atoms with van der Waals surface area (Å²) in [5.74, 6) is 0. The van der Waals surface area contributed by atoms with Crippen molar-refractivity contribution >= 4 is 15.9 Å². The first kappa shape index (κ1) is 11.7. The number of hydrogen-bond acceptors (Lipinski definition) is 2. The minimum Gasteiger partial charge on any atom is -0.330 e. The molecule has 0 amide bonds. The predicted octanol–water partition coefficient (Wildman–Crippen LogP) is 2.28. The third-order valence-electron chi connectivity index (χ3n) is 2.03. The van der Waals surface area contributed by atoms with Crippen LogP contribution in [-0.2, 0) is 6.54 Å². The van der Waals surface area contributed by atoms with Gasteiger partial charge in [0.25, 0.3) is 0 Å². The fourth-order valence-corrected chi connectivity index (χ4v) is 1.72. The standard InChI is InChI=1S/C11H17BrN2/c12-11-5-3-4-10(8-11)9-14-7-2-1-6-13/h3-5,8,14H,1-2,6-7,9,13H2. The third kappa shape index (κ3) is 4.74. The van der Waals surface area contributed by atoms with E-state index in [9.17, 15) is 0 Å². The largest absolute Gasteiger partial charge is 0.330 e.